The molecule has 2 N–H and O–H groups in total. The first-order chi connectivity index (χ1) is 20.8. The lowest BCUT2D eigenvalue weighted by molar-refractivity contribution is -0.569. The molecular weight excluding hydrogens is 605 g/mol. The van der Waals surface area contributed by atoms with E-state index in [1.54, 1.807) is 30.2 Å². The molecule has 6 nitrogen and oxygen atoms in total. The molecule has 0 spiro atoms. The lowest BCUT2D eigenvalue weighted by atomic mass is 9.86. The molecule has 1 atom stereocenters. The summed E-state index contributed by atoms with van der Waals surface area (Å²) >= 11 is 20.4. The molecule has 2 aliphatic rings. The van der Waals surface area contributed by atoms with E-state index in [-0.39, 0.29) is 17.8 Å². The number of carbonyl (C=O) groups is 1. The highest BCUT2D eigenvalue weighted by molar-refractivity contribution is 6.40. The fraction of sp³-hybridized carbons (Fsp3) is 0.235. The molecule has 2 heterocycles. The number of fused-ring (bicyclic) bond motifs is 1. The van der Waals surface area contributed by atoms with Gasteiger partial charge in [0, 0.05) is 29.1 Å². The fourth-order valence-corrected chi connectivity index (χ4v) is 6.77. The Morgan fingerprint density at radius 3 is 2.37 bits per heavy atom. The van der Waals surface area contributed by atoms with Gasteiger partial charge in [0.25, 0.3) is 0 Å². The predicted molar refractivity (Wildman–Crippen MR) is 173 cm³/mol. The van der Waals surface area contributed by atoms with Crippen molar-refractivity contribution in [2.45, 2.75) is 38.3 Å². The van der Waals surface area contributed by atoms with Crippen LogP contribution in [0.2, 0.25) is 15.1 Å². The minimum absolute atomic E-state index is 0.0123. The number of anilines is 2. The lowest BCUT2D eigenvalue weighted by Gasteiger charge is -2.29. The Bertz CT molecular complexity index is 1700. The quantitative estimate of drug-likeness (QED) is 0.209. The number of benzene rings is 4. The molecule has 2 aliphatic heterocycles. The number of carbonyl (C=O) groups excluding carboxylic acids is 1. The van der Waals surface area contributed by atoms with E-state index in [1.165, 1.54) is 0 Å². The van der Waals surface area contributed by atoms with Gasteiger partial charge >= 0.3 is 6.02 Å². The number of rotatable bonds is 6. The number of aliphatic hydroxyl groups excluding tert-OH is 1. The Kier molecular flexibility index (Phi) is 8.53. The number of nitrogens with zero attached hydrogens (tertiary/aromatic N) is 2. The van der Waals surface area contributed by atoms with Crippen molar-refractivity contribution in [3.05, 3.63) is 111 Å². The van der Waals surface area contributed by atoms with Crippen molar-refractivity contribution in [2.24, 2.45) is 0 Å². The standard InChI is InChI=1S/C34H30Cl3N3O3/c1-43-24-12-9-21(10-13-24)19-39-20-27-26(25-5-2-3-6-28(25)35)17-23(22-11-14-32(41)38-16-15-22)18-31(27)40(34(39)42)33-29(36)7-4-8-30(33)37/h2-10,12-13,17-18,22H,11,14-16,19-20H2,1H3,(H,38,41)/p+1. The van der Waals surface area contributed by atoms with Crippen LogP contribution in [-0.4, -0.2) is 35.3 Å². The van der Waals surface area contributed by atoms with Crippen molar-refractivity contribution in [3.63, 3.8) is 0 Å². The summed E-state index contributed by atoms with van der Waals surface area (Å²) in [6.45, 7) is 1.44. The maximum atomic E-state index is 12.2. The van der Waals surface area contributed by atoms with E-state index in [9.17, 15) is 9.90 Å². The Morgan fingerprint density at radius 1 is 0.930 bits per heavy atom. The summed E-state index contributed by atoms with van der Waals surface area (Å²) in [5.41, 5.74) is 6.14. The highest BCUT2D eigenvalue weighted by Gasteiger charge is 2.40. The van der Waals surface area contributed by atoms with Crippen molar-refractivity contribution in [3.8, 4) is 16.9 Å². The van der Waals surface area contributed by atoms with Gasteiger partial charge in [-0.1, -0.05) is 77.3 Å². The zero-order chi connectivity index (χ0) is 30.1. The zero-order valence-corrected chi connectivity index (χ0v) is 25.9. The summed E-state index contributed by atoms with van der Waals surface area (Å²) in [6, 6.07) is 25.2. The third-order valence-electron chi connectivity index (χ3n) is 8.19. The number of halogens is 3. The van der Waals surface area contributed by atoms with Crippen LogP contribution in [0, 0.1) is 0 Å². The Balaban J connectivity index is 1.58. The van der Waals surface area contributed by atoms with Crippen LogP contribution in [0.3, 0.4) is 0 Å². The first-order valence-corrected chi connectivity index (χ1v) is 15.3. The van der Waals surface area contributed by atoms with Gasteiger partial charge in [-0.2, -0.15) is 4.90 Å². The number of nitrogens with one attached hydrogen (secondary N) is 1. The first kappa shape index (κ1) is 29.4. The molecule has 0 saturated carbocycles. The second-order valence-corrected chi connectivity index (χ2v) is 12.1. The van der Waals surface area contributed by atoms with Crippen molar-refractivity contribution in [1.29, 1.82) is 0 Å². The summed E-state index contributed by atoms with van der Waals surface area (Å²) in [4.78, 5) is 13.9. The van der Waals surface area contributed by atoms with Crippen molar-refractivity contribution in [1.82, 2.24) is 5.32 Å². The average Bonchev–Trinajstić information content (AvgIpc) is 3.23. The largest absolute Gasteiger partial charge is 0.497 e. The molecule has 9 heteroatoms. The van der Waals surface area contributed by atoms with E-state index >= 15 is 0 Å². The van der Waals surface area contributed by atoms with Gasteiger partial charge in [-0.3, -0.25) is 4.79 Å². The maximum Gasteiger partial charge on any atom is 0.455 e. The molecule has 1 fully saturated rings. The van der Waals surface area contributed by atoms with Crippen LogP contribution in [-0.2, 0) is 17.9 Å². The molecule has 1 saturated heterocycles. The molecule has 0 bridgehead atoms. The van der Waals surface area contributed by atoms with Gasteiger partial charge in [-0.25, -0.2) is 4.58 Å². The van der Waals surface area contributed by atoms with Crippen molar-refractivity contribution in [2.75, 3.05) is 18.6 Å². The predicted octanol–water partition coefficient (Wildman–Crippen LogP) is 8.48. The molecule has 0 aromatic heterocycles. The Hall–Kier alpha value is -3.71. The minimum Gasteiger partial charge on any atom is -0.497 e. The average molecular weight is 636 g/mol. The van der Waals surface area contributed by atoms with Gasteiger partial charge in [0.2, 0.25) is 5.91 Å². The lowest BCUT2D eigenvalue weighted by Crippen LogP contribution is -2.40. The molecule has 6 rings (SSSR count). The van der Waals surface area contributed by atoms with Gasteiger partial charge in [0.15, 0.2) is 5.69 Å². The number of aliphatic hydroxyl groups is 1. The molecule has 0 aliphatic carbocycles. The second kappa shape index (κ2) is 12.5. The Morgan fingerprint density at radius 2 is 1.65 bits per heavy atom. The molecule has 4 aromatic rings. The molecule has 1 unspecified atom stereocenters. The minimum atomic E-state index is 0.0123. The monoisotopic (exact) mass is 634 g/mol. The van der Waals surface area contributed by atoms with E-state index in [2.05, 4.69) is 17.4 Å². The molecule has 0 radical (unpaired) electrons. The topological polar surface area (TPSA) is 64.8 Å². The van der Waals surface area contributed by atoms with Gasteiger partial charge in [-0.05, 0) is 71.8 Å². The number of amidine groups is 1. The van der Waals surface area contributed by atoms with Crippen LogP contribution in [0.4, 0.5) is 11.4 Å². The SMILES string of the molecule is COc1ccc(C[N+]2=C(O)N(c3c(Cl)cccc3Cl)c3cc(C4CCNC(=O)CC4)cc(-c4ccccc4Cl)c3C2)cc1. The fourth-order valence-electron chi connectivity index (χ4n) is 5.97. The van der Waals surface area contributed by atoms with Gasteiger partial charge < -0.3 is 15.2 Å². The van der Waals surface area contributed by atoms with Crippen LogP contribution in [0.15, 0.2) is 78.9 Å². The van der Waals surface area contributed by atoms with Gasteiger partial charge in [0.1, 0.15) is 24.5 Å². The smallest absolute Gasteiger partial charge is 0.455 e. The third-order valence-corrected chi connectivity index (χ3v) is 9.12. The van der Waals surface area contributed by atoms with Crippen LogP contribution in [0.1, 0.15) is 41.9 Å². The van der Waals surface area contributed by atoms with E-state index in [0.29, 0.717) is 46.8 Å². The van der Waals surface area contributed by atoms with E-state index in [4.69, 9.17) is 39.5 Å². The highest BCUT2D eigenvalue weighted by Crippen LogP contribution is 2.46. The first-order valence-electron chi connectivity index (χ1n) is 14.2. The zero-order valence-electron chi connectivity index (χ0n) is 23.6. The number of amides is 1. The summed E-state index contributed by atoms with van der Waals surface area (Å²) in [5, 5.41) is 16.4. The van der Waals surface area contributed by atoms with E-state index in [0.717, 1.165) is 52.1 Å². The van der Waals surface area contributed by atoms with Crippen LogP contribution < -0.4 is 15.0 Å². The van der Waals surface area contributed by atoms with Crippen LogP contribution >= 0.6 is 34.8 Å². The molecule has 1 amide bonds. The Labute approximate surface area is 266 Å². The number of ether oxygens (including phenoxy) is 1. The number of para-hydroxylation sites is 1. The summed E-state index contributed by atoms with van der Waals surface area (Å²) < 4.78 is 7.24. The molecule has 220 valence electrons. The summed E-state index contributed by atoms with van der Waals surface area (Å²) in [5.74, 6) is 0.958. The number of hydrogen-bond acceptors (Lipinski definition) is 3. The van der Waals surface area contributed by atoms with Crippen LogP contribution in [0.5, 0.6) is 5.75 Å². The van der Waals surface area contributed by atoms with Gasteiger partial charge in [0.05, 0.1) is 17.2 Å². The molecule has 4 aromatic carbocycles. The highest BCUT2D eigenvalue weighted by atomic mass is 35.5. The van der Waals surface area contributed by atoms with Gasteiger partial charge in [-0.15, -0.1) is 0 Å². The number of hydrogen-bond donors (Lipinski definition) is 2. The second-order valence-electron chi connectivity index (χ2n) is 10.8. The van der Waals surface area contributed by atoms with Crippen molar-refractivity contribution >= 4 is 58.1 Å². The number of methoxy groups -OCH3 is 1. The normalized spacial score (nSPS) is 16.9. The molecule has 43 heavy (non-hydrogen) atoms. The summed E-state index contributed by atoms with van der Waals surface area (Å²) in [7, 11) is 1.63. The molecular formula is C34H31Cl3N3O3+. The maximum absolute atomic E-state index is 12.2. The summed E-state index contributed by atoms with van der Waals surface area (Å²) in [6.07, 6.45) is 1.98. The van der Waals surface area contributed by atoms with E-state index in [1.807, 2.05) is 53.1 Å². The van der Waals surface area contributed by atoms with Crippen LogP contribution in [0.25, 0.3) is 11.1 Å². The third kappa shape index (κ3) is 5.92. The van der Waals surface area contributed by atoms with Crippen molar-refractivity contribution < 1.29 is 19.2 Å². The van der Waals surface area contributed by atoms with E-state index < -0.39 is 0 Å².